The first-order valence-corrected chi connectivity index (χ1v) is 7.79. The number of methoxy groups -OCH3 is 2. The van der Waals surface area contributed by atoms with Crippen LogP contribution in [0, 0.1) is 11.8 Å². The minimum Gasteiger partial charge on any atom is -0.493 e. The van der Waals surface area contributed by atoms with Gasteiger partial charge in [0.05, 0.1) is 19.9 Å². The third-order valence-corrected chi connectivity index (χ3v) is 3.93. The van der Waals surface area contributed by atoms with Crippen LogP contribution in [0.3, 0.4) is 0 Å². The molecule has 3 aromatic rings. The highest BCUT2D eigenvalue weighted by molar-refractivity contribution is 5.93. The molecule has 0 aliphatic rings. The largest absolute Gasteiger partial charge is 0.493 e. The van der Waals surface area contributed by atoms with Crippen molar-refractivity contribution in [3.63, 3.8) is 0 Å². The molecule has 5 nitrogen and oxygen atoms in total. The first-order valence-electron chi connectivity index (χ1n) is 7.79. The summed E-state index contributed by atoms with van der Waals surface area (Å²) in [5.74, 6) is 1.35. The van der Waals surface area contributed by atoms with Crippen LogP contribution in [0.5, 0.6) is 11.5 Å². The quantitative estimate of drug-likeness (QED) is 0.607. The van der Waals surface area contributed by atoms with Crippen LogP contribution in [0.4, 0.5) is 5.69 Å². The lowest BCUT2D eigenvalue weighted by molar-refractivity contribution is 0.356. The van der Waals surface area contributed by atoms with Gasteiger partial charge in [-0.2, -0.15) is 0 Å². The Morgan fingerprint density at radius 2 is 1.64 bits per heavy atom. The molecule has 0 radical (unpaired) electrons. The fraction of sp³-hybridized carbons (Fsp3) is 0.150. The van der Waals surface area contributed by atoms with E-state index < -0.39 is 0 Å². The first-order chi connectivity index (χ1) is 12.1. The molecule has 0 saturated carbocycles. The molecule has 0 saturated heterocycles. The standard InChI is InChI=1S/C20H18N2O3/c1-13-10-15-11-19(24-2)20(25-3)12-17(15)18(21-13)9-6-14-4-7-16(22-23)8-5-14/h4-12H,1-3H3. The van der Waals surface area contributed by atoms with Gasteiger partial charge in [-0.1, -0.05) is 18.2 Å². The summed E-state index contributed by atoms with van der Waals surface area (Å²) in [6.07, 6.45) is 3.90. The van der Waals surface area contributed by atoms with E-state index in [0.717, 1.165) is 27.7 Å². The summed E-state index contributed by atoms with van der Waals surface area (Å²) in [6, 6.07) is 12.9. The summed E-state index contributed by atoms with van der Waals surface area (Å²) in [6.45, 7) is 1.96. The molecule has 25 heavy (non-hydrogen) atoms. The summed E-state index contributed by atoms with van der Waals surface area (Å²) in [5, 5.41) is 4.92. The van der Waals surface area contributed by atoms with Gasteiger partial charge in [-0.15, -0.1) is 4.91 Å². The van der Waals surface area contributed by atoms with Gasteiger partial charge in [0.2, 0.25) is 0 Å². The number of fused-ring (bicyclic) bond motifs is 1. The van der Waals surface area contributed by atoms with Crippen LogP contribution < -0.4 is 9.47 Å². The molecule has 0 N–H and O–H groups in total. The number of hydrogen-bond acceptors (Lipinski definition) is 5. The Morgan fingerprint density at radius 1 is 0.960 bits per heavy atom. The molecule has 0 fully saturated rings. The SMILES string of the molecule is COc1cc2cc(C)nc(C=Cc3ccc(N=O)cc3)c2cc1OC. The fourth-order valence-corrected chi connectivity index (χ4v) is 2.69. The summed E-state index contributed by atoms with van der Waals surface area (Å²) >= 11 is 0. The third-order valence-electron chi connectivity index (χ3n) is 3.93. The lowest BCUT2D eigenvalue weighted by atomic mass is 10.1. The number of benzene rings is 2. The zero-order valence-corrected chi connectivity index (χ0v) is 14.3. The topological polar surface area (TPSA) is 60.8 Å². The normalized spacial score (nSPS) is 11.0. The number of nitrogens with zero attached hydrogens (tertiary/aromatic N) is 2. The minimum absolute atomic E-state index is 0.410. The second-order valence-corrected chi connectivity index (χ2v) is 5.59. The lowest BCUT2D eigenvalue weighted by Gasteiger charge is -2.11. The van der Waals surface area contributed by atoms with E-state index in [1.807, 2.05) is 49.4 Å². The summed E-state index contributed by atoms with van der Waals surface area (Å²) in [4.78, 5) is 15.1. The predicted octanol–water partition coefficient (Wildman–Crippen LogP) is 5.13. The van der Waals surface area contributed by atoms with E-state index in [1.165, 1.54) is 0 Å². The first kappa shape index (κ1) is 16.6. The zero-order chi connectivity index (χ0) is 17.8. The fourth-order valence-electron chi connectivity index (χ4n) is 2.69. The molecule has 0 amide bonds. The van der Waals surface area contributed by atoms with Gasteiger partial charge in [-0.05, 0) is 59.5 Å². The molecule has 0 spiro atoms. The van der Waals surface area contributed by atoms with Crippen LogP contribution in [0.2, 0.25) is 0 Å². The molecule has 2 aromatic carbocycles. The Hall–Kier alpha value is -3.21. The van der Waals surface area contributed by atoms with Crippen molar-refractivity contribution in [1.29, 1.82) is 0 Å². The Kier molecular flexibility index (Phi) is 4.75. The molecule has 0 aliphatic heterocycles. The van der Waals surface area contributed by atoms with Gasteiger partial charge < -0.3 is 9.47 Å². The number of rotatable bonds is 5. The number of aromatic nitrogens is 1. The monoisotopic (exact) mass is 334 g/mol. The second kappa shape index (κ2) is 7.13. The smallest absolute Gasteiger partial charge is 0.161 e. The molecule has 0 aliphatic carbocycles. The Morgan fingerprint density at radius 3 is 2.28 bits per heavy atom. The van der Waals surface area contributed by atoms with Crippen molar-refractivity contribution in [3.05, 3.63) is 64.3 Å². The number of nitroso groups, excluding NO2 is 1. The maximum absolute atomic E-state index is 10.5. The number of aryl methyl sites for hydroxylation is 1. The van der Waals surface area contributed by atoms with E-state index >= 15 is 0 Å². The van der Waals surface area contributed by atoms with Crippen LogP contribution in [-0.2, 0) is 0 Å². The van der Waals surface area contributed by atoms with E-state index in [0.29, 0.717) is 17.2 Å². The Labute approximate surface area is 145 Å². The van der Waals surface area contributed by atoms with Gasteiger partial charge in [0, 0.05) is 11.1 Å². The van der Waals surface area contributed by atoms with E-state index in [2.05, 4.69) is 10.2 Å². The molecule has 1 heterocycles. The van der Waals surface area contributed by atoms with Crippen molar-refractivity contribution in [2.24, 2.45) is 5.18 Å². The van der Waals surface area contributed by atoms with Crippen LogP contribution >= 0.6 is 0 Å². The van der Waals surface area contributed by atoms with Crippen molar-refractivity contribution >= 4 is 28.6 Å². The van der Waals surface area contributed by atoms with Crippen LogP contribution in [-0.4, -0.2) is 19.2 Å². The molecule has 0 atom stereocenters. The van der Waals surface area contributed by atoms with E-state index in [1.54, 1.807) is 26.4 Å². The molecular formula is C20H18N2O3. The highest BCUT2D eigenvalue weighted by Gasteiger charge is 2.09. The van der Waals surface area contributed by atoms with Crippen LogP contribution in [0.15, 0.2) is 47.6 Å². The second-order valence-electron chi connectivity index (χ2n) is 5.59. The minimum atomic E-state index is 0.410. The lowest BCUT2D eigenvalue weighted by Crippen LogP contribution is -1.94. The number of hydrogen-bond donors (Lipinski definition) is 0. The number of ether oxygens (including phenoxy) is 2. The van der Waals surface area contributed by atoms with Crippen molar-refractivity contribution in [2.45, 2.75) is 6.92 Å². The Balaban J connectivity index is 2.07. The maximum Gasteiger partial charge on any atom is 0.161 e. The van der Waals surface area contributed by atoms with Crippen molar-refractivity contribution < 1.29 is 9.47 Å². The van der Waals surface area contributed by atoms with Crippen LogP contribution in [0.25, 0.3) is 22.9 Å². The average Bonchev–Trinajstić information content (AvgIpc) is 2.65. The van der Waals surface area contributed by atoms with Gasteiger partial charge >= 0.3 is 0 Å². The Bertz CT molecular complexity index is 947. The summed E-state index contributed by atoms with van der Waals surface area (Å²) < 4.78 is 10.8. The van der Waals surface area contributed by atoms with E-state index in [4.69, 9.17) is 9.47 Å². The van der Waals surface area contributed by atoms with Gasteiger partial charge in [0.1, 0.15) is 5.69 Å². The maximum atomic E-state index is 10.5. The molecule has 0 bridgehead atoms. The predicted molar refractivity (Wildman–Crippen MR) is 100 cm³/mol. The summed E-state index contributed by atoms with van der Waals surface area (Å²) in [5.41, 5.74) is 3.13. The van der Waals surface area contributed by atoms with Gasteiger partial charge in [-0.3, -0.25) is 4.98 Å². The van der Waals surface area contributed by atoms with E-state index in [9.17, 15) is 4.91 Å². The molecule has 5 heteroatoms. The molecule has 3 rings (SSSR count). The highest BCUT2D eigenvalue weighted by atomic mass is 16.5. The van der Waals surface area contributed by atoms with Crippen molar-refractivity contribution in [2.75, 3.05) is 14.2 Å². The molecule has 0 unspecified atom stereocenters. The number of pyridine rings is 1. The molecule has 126 valence electrons. The van der Waals surface area contributed by atoms with Crippen LogP contribution in [0.1, 0.15) is 17.0 Å². The van der Waals surface area contributed by atoms with Gasteiger partial charge in [0.25, 0.3) is 0 Å². The van der Waals surface area contributed by atoms with Crippen molar-refractivity contribution in [1.82, 2.24) is 4.98 Å². The molecule has 1 aromatic heterocycles. The van der Waals surface area contributed by atoms with Crippen molar-refractivity contribution in [3.8, 4) is 11.5 Å². The van der Waals surface area contributed by atoms with E-state index in [-0.39, 0.29) is 0 Å². The molecular weight excluding hydrogens is 316 g/mol. The average molecular weight is 334 g/mol. The zero-order valence-electron chi connectivity index (χ0n) is 14.3. The summed E-state index contributed by atoms with van der Waals surface area (Å²) in [7, 11) is 3.24. The van der Waals surface area contributed by atoms with Gasteiger partial charge in [0.15, 0.2) is 11.5 Å². The van der Waals surface area contributed by atoms with Gasteiger partial charge in [-0.25, -0.2) is 0 Å². The highest BCUT2D eigenvalue weighted by Crippen LogP contribution is 2.34. The third kappa shape index (κ3) is 3.50.